The van der Waals surface area contributed by atoms with E-state index in [0.29, 0.717) is 12.2 Å². The van der Waals surface area contributed by atoms with Gasteiger partial charge in [-0.15, -0.1) is 6.58 Å². The smallest absolute Gasteiger partial charge is 0.119 e. The van der Waals surface area contributed by atoms with Crippen LogP contribution in [0.3, 0.4) is 0 Å². The molecule has 0 unspecified atom stereocenters. The first-order valence-electron chi connectivity index (χ1n) is 4.12. The minimum absolute atomic E-state index is 0.312. The highest BCUT2D eigenvalue weighted by molar-refractivity contribution is 5.56. The van der Waals surface area contributed by atoms with E-state index in [1.165, 1.54) is 0 Å². The van der Waals surface area contributed by atoms with E-state index in [4.69, 9.17) is 4.79 Å². The molecule has 0 radical (unpaired) electrons. The molecule has 2 heteroatoms. The van der Waals surface area contributed by atoms with Gasteiger partial charge in [-0.3, -0.25) is 0 Å². The Kier molecular flexibility index (Phi) is 5.79. The molecule has 0 saturated carbocycles. The molecule has 0 bridgehead atoms. The quantitative estimate of drug-likeness (QED) is 0.744. The second-order valence-electron chi connectivity index (χ2n) is 2.54. The van der Waals surface area contributed by atoms with Crippen molar-refractivity contribution < 1.29 is 9.90 Å². The number of aromatic hydroxyl groups is 1. The fourth-order valence-electron chi connectivity index (χ4n) is 1.15. The van der Waals surface area contributed by atoms with Gasteiger partial charge in [0.2, 0.25) is 0 Å². The van der Waals surface area contributed by atoms with E-state index in [2.05, 4.69) is 13.2 Å². The summed E-state index contributed by atoms with van der Waals surface area (Å²) < 4.78 is 0. The molecule has 0 saturated heterocycles. The molecule has 0 aliphatic heterocycles. The first kappa shape index (κ1) is 12.2. The van der Waals surface area contributed by atoms with Crippen molar-refractivity contribution in [2.75, 3.05) is 0 Å². The van der Waals surface area contributed by atoms with E-state index in [-0.39, 0.29) is 0 Å². The number of carbonyl (C=O) groups is 1. The first-order chi connectivity index (χ1) is 6.79. The average molecular weight is 190 g/mol. The Bertz CT molecular complexity index is 316. The van der Waals surface area contributed by atoms with E-state index in [1.807, 2.05) is 12.9 Å². The largest absolute Gasteiger partial charge is 0.508 e. The van der Waals surface area contributed by atoms with Gasteiger partial charge in [0.05, 0.1) is 0 Å². The summed E-state index contributed by atoms with van der Waals surface area (Å²) in [5.74, 6) is 0.312. The number of phenolic OH excluding ortho intramolecular Hbond substituents is 1. The Balaban J connectivity index is 0.000000791. The lowest BCUT2D eigenvalue weighted by Crippen LogP contribution is -1.86. The second kappa shape index (κ2) is 6.66. The van der Waals surface area contributed by atoms with Crippen LogP contribution in [-0.2, 0) is 11.2 Å². The molecule has 14 heavy (non-hydrogen) atoms. The number of benzene rings is 1. The zero-order chi connectivity index (χ0) is 11.0. The van der Waals surface area contributed by atoms with Crippen LogP contribution in [0, 0.1) is 0 Å². The van der Waals surface area contributed by atoms with Gasteiger partial charge in [0.15, 0.2) is 0 Å². The summed E-state index contributed by atoms with van der Waals surface area (Å²) >= 11 is 0. The number of hydrogen-bond donors (Lipinski definition) is 1. The molecule has 0 aliphatic rings. The zero-order valence-corrected chi connectivity index (χ0v) is 8.07. The highest BCUT2D eigenvalue weighted by atomic mass is 16.3. The second-order valence-corrected chi connectivity index (χ2v) is 2.54. The summed E-state index contributed by atoms with van der Waals surface area (Å²) in [5.41, 5.74) is 1.86. The molecule has 1 rings (SSSR count). The van der Waals surface area contributed by atoms with E-state index in [1.54, 1.807) is 24.3 Å². The third-order valence-electron chi connectivity index (χ3n) is 1.76. The highest BCUT2D eigenvalue weighted by Crippen LogP contribution is 2.22. The maximum atomic E-state index is 9.46. The molecular formula is C12H14O2. The monoisotopic (exact) mass is 190 g/mol. The lowest BCUT2D eigenvalue weighted by Gasteiger charge is -2.04. The van der Waals surface area contributed by atoms with Gasteiger partial charge in [-0.2, -0.15) is 0 Å². The summed E-state index contributed by atoms with van der Waals surface area (Å²) in [5, 5.41) is 9.46. The van der Waals surface area contributed by atoms with Crippen molar-refractivity contribution in [3.63, 3.8) is 0 Å². The van der Waals surface area contributed by atoms with Gasteiger partial charge in [0.25, 0.3) is 0 Å². The number of phenols is 1. The zero-order valence-electron chi connectivity index (χ0n) is 8.07. The molecule has 0 spiro atoms. The van der Waals surface area contributed by atoms with Gasteiger partial charge < -0.3 is 9.90 Å². The Morgan fingerprint density at radius 1 is 1.29 bits per heavy atom. The molecular weight excluding hydrogens is 176 g/mol. The lowest BCUT2D eigenvalue weighted by molar-refractivity contribution is -0.0979. The first-order valence-corrected chi connectivity index (χ1v) is 4.12. The van der Waals surface area contributed by atoms with Gasteiger partial charge >= 0.3 is 0 Å². The predicted molar refractivity (Wildman–Crippen MR) is 59.2 cm³/mol. The van der Waals surface area contributed by atoms with Crippen molar-refractivity contribution >= 4 is 12.9 Å². The van der Waals surface area contributed by atoms with Crippen molar-refractivity contribution in [2.45, 2.75) is 6.42 Å². The van der Waals surface area contributed by atoms with Crippen molar-refractivity contribution in [1.29, 1.82) is 0 Å². The topological polar surface area (TPSA) is 37.3 Å². The Labute approximate surface area is 84.2 Å². The minimum Gasteiger partial charge on any atom is -0.508 e. The highest BCUT2D eigenvalue weighted by Gasteiger charge is 2.01. The summed E-state index contributed by atoms with van der Waals surface area (Å²) in [7, 11) is 0. The predicted octanol–water partition coefficient (Wildman–Crippen LogP) is 2.58. The summed E-state index contributed by atoms with van der Waals surface area (Å²) in [4.78, 5) is 8.00. The number of allylic oxidation sites excluding steroid dienone is 1. The van der Waals surface area contributed by atoms with Crippen LogP contribution in [0.15, 0.2) is 37.4 Å². The molecule has 0 fully saturated rings. The van der Waals surface area contributed by atoms with Crippen LogP contribution in [-0.4, -0.2) is 11.9 Å². The van der Waals surface area contributed by atoms with Crippen LogP contribution in [0.1, 0.15) is 11.1 Å². The van der Waals surface area contributed by atoms with Crippen molar-refractivity contribution in [2.24, 2.45) is 0 Å². The van der Waals surface area contributed by atoms with Crippen molar-refractivity contribution in [3.05, 3.63) is 48.6 Å². The van der Waals surface area contributed by atoms with Crippen LogP contribution in [0.5, 0.6) is 5.75 Å². The third kappa shape index (κ3) is 2.90. The Hall–Kier alpha value is -1.83. The molecule has 1 aromatic carbocycles. The normalized spacial score (nSPS) is 8.29. The van der Waals surface area contributed by atoms with Crippen LogP contribution < -0.4 is 0 Å². The molecule has 1 N–H and O–H groups in total. The Morgan fingerprint density at radius 2 is 1.93 bits per heavy atom. The van der Waals surface area contributed by atoms with Gasteiger partial charge in [-0.05, 0) is 18.1 Å². The fraction of sp³-hybridized carbons (Fsp3) is 0.0833. The molecule has 2 nitrogen and oxygen atoms in total. The molecule has 0 heterocycles. The summed E-state index contributed by atoms with van der Waals surface area (Å²) in [6.45, 7) is 9.30. The maximum Gasteiger partial charge on any atom is 0.119 e. The van der Waals surface area contributed by atoms with Gasteiger partial charge in [0, 0.05) is 5.56 Å². The van der Waals surface area contributed by atoms with E-state index in [0.717, 1.165) is 11.1 Å². The van der Waals surface area contributed by atoms with Gasteiger partial charge in [-0.1, -0.05) is 30.9 Å². The summed E-state index contributed by atoms with van der Waals surface area (Å²) in [6, 6.07) is 5.40. The molecule has 0 amide bonds. The van der Waals surface area contributed by atoms with Crippen LogP contribution in [0.25, 0.3) is 6.08 Å². The maximum absolute atomic E-state index is 9.46. The van der Waals surface area contributed by atoms with Crippen LogP contribution >= 0.6 is 0 Å². The van der Waals surface area contributed by atoms with E-state index < -0.39 is 0 Å². The number of carbonyl (C=O) groups excluding carboxylic acids is 1. The molecule has 0 aromatic heterocycles. The SMILES string of the molecule is C=CCc1c(O)cccc1C=C.C=O. The van der Waals surface area contributed by atoms with E-state index in [9.17, 15) is 5.11 Å². The number of rotatable bonds is 3. The average Bonchev–Trinajstić information content (AvgIpc) is 2.24. The van der Waals surface area contributed by atoms with E-state index >= 15 is 0 Å². The molecule has 0 atom stereocenters. The van der Waals surface area contributed by atoms with Crippen LogP contribution in [0.4, 0.5) is 0 Å². The Morgan fingerprint density at radius 3 is 2.43 bits per heavy atom. The molecule has 1 aromatic rings. The third-order valence-corrected chi connectivity index (χ3v) is 1.76. The molecule has 74 valence electrons. The van der Waals surface area contributed by atoms with Gasteiger partial charge in [-0.25, -0.2) is 0 Å². The lowest BCUT2D eigenvalue weighted by atomic mass is 10.0. The van der Waals surface area contributed by atoms with Crippen molar-refractivity contribution in [3.8, 4) is 5.75 Å². The van der Waals surface area contributed by atoms with Crippen molar-refractivity contribution in [1.82, 2.24) is 0 Å². The number of hydrogen-bond acceptors (Lipinski definition) is 2. The molecule has 0 aliphatic carbocycles. The minimum atomic E-state index is 0.312. The standard InChI is InChI=1S/C11H12O.CH2O/c1-3-6-10-9(4-2)7-5-8-11(10)12;1-2/h3-5,7-8,12H,1-2,6H2;1H2. The fourth-order valence-corrected chi connectivity index (χ4v) is 1.15. The van der Waals surface area contributed by atoms with Crippen LogP contribution in [0.2, 0.25) is 0 Å². The van der Waals surface area contributed by atoms with Gasteiger partial charge in [0.1, 0.15) is 12.5 Å². The summed E-state index contributed by atoms with van der Waals surface area (Å²) in [6.07, 6.45) is 4.18.